The minimum absolute atomic E-state index is 0.0290. The Kier molecular flexibility index (Phi) is 6.30. The highest BCUT2D eigenvalue weighted by Gasteiger charge is 2.30. The zero-order valence-electron chi connectivity index (χ0n) is 18.6. The molecule has 2 aliphatic rings. The number of hydrogen-bond donors (Lipinski definition) is 2. The quantitative estimate of drug-likeness (QED) is 0.756. The summed E-state index contributed by atoms with van der Waals surface area (Å²) in [5, 5.41) is 13.3. The van der Waals surface area contributed by atoms with Gasteiger partial charge in [0.2, 0.25) is 0 Å². The van der Waals surface area contributed by atoms with Crippen LogP contribution in [0, 0.1) is 11.8 Å². The van der Waals surface area contributed by atoms with E-state index in [1.807, 2.05) is 26.0 Å². The molecule has 1 aromatic heterocycles. The molecule has 0 radical (unpaired) electrons. The predicted molar refractivity (Wildman–Crippen MR) is 120 cm³/mol. The molecule has 1 saturated heterocycles. The first-order valence-corrected chi connectivity index (χ1v) is 11.3. The molecule has 1 fully saturated rings. The van der Waals surface area contributed by atoms with Gasteiger partial charge >= 0.3 is 6.09 Å². The fourth-order valence-corrected chi connectivity index (χ4v) is 4.33. The lowest BCUT2D eigenvalue weighted by Gasteiger charge is -2.28. The van der Waals surface area contributed by atoms with Crippen molar-refractivity contribution in [2.45, 2.75) is 52.5 Å². The second kappa shape index (κ2) is 9.12. The van der Waals surface area contributed by atoms with Crippen molar-refractivity contribution < 1.29 is 14.6 Å². The number of nitrogens with one attached hydrogen (secondary N) is 1. The molecular formula is C24H32N4O3. The highest BCUT2D eigenvalue weighted by Crippen LogP contribution is 2.35. The molecule has 0 saturated carbocycles. The van der Waals surface area contributed by atoms with E-state index in [2.05, 4.69) is 17.1 Å². The molecule has 4 rings (SSSR count). The van der Waals surface area contributed by atoms with Crippen molar-refractivity contribution >= 4 is 11.9 Å². The number of benzene rings is 1. The smallest absolute Gasteiger partial charge is 0.407 e. The molecular weight excluding hydrogens is 392 g/mol. The molecule has 0 bridgehead atoms. The van der Waals surface area contributed by atoms with E-state index in [1.54, 1.807) is 12.1 Å². The van der Waals surface area contributed by atoms with Crippen LogP contribution in [0.5, 0.6) is 5.75 Å². The molecule has 1 aromatic carbocycles. The van der Waals surface area contributed by atoms with E-state index in [-0.39, 0.29) is 17.9 Å². The molecule has 2 heterocycles. The number of fused-ring (bicyclic) bond motifs is 1. The largest absolute Gasteiger partial charge is 0.507 e. The predicted octanol–water partition coefficient (Wildman–Crippen LogP) is 3.93. The van der Waals surface area contributed by atoms with E-state index in [9.17, 15) is 9.90 Å². The Morgan fingerprint density at radius 2 is 2.10 bits per heavy atom. The Balaban J connectivity index is 1.58. The maximum atomic E-state index is 12.1. The first kappa shape index (κ1) is 21.4. The molecule has 1 amide bonds. The summed E-state index contributed by atoms with van der Waals surface area (Å²) >= 11 is 0. The number of carbonyl (C=O) groups excluding carboxylic acids is 1. The van der Waals surface area contributed by atoms with Gasteiger partial charge in [-0.2, -0.15) is 0 Å². The van der Waals surface area contributed by atoms with E-state index in [4.69, 9.17) is 14.7 Å². The van der Waals surface area contributed by atoms with Crippen LogP contribution in [0.1, 0.15) is 44.9 Å². The fraction of sp³-hybridized carbons (Fsp3) is 0.542. The van der Waals surface area contributed by atoms with Gasteiger partial charge in [0.25, 0.3) is 0 Å². The summed E-state index contributed by atoms with van der Waals surface area (Å²) in [5.41, 5.74) is 2.94. The van der Waals surface area contributed by atoms with Crippen molar-refractivity contribution in [3.63, 3.8) is 0 Å². The molecule has 1 aliphatic heterocycles. The Morgan fingerprint density at radius 3 is 2.87 bits per heavy atom. The van der Waals surface area contributed by atoms with Crippen molar-refractivity contribution in [2.75, 3.05) is 24.6 Å². The molecule has 1 aliphatic carbocycles. The van der Waals surface area contributed by atoms with Gasteiger partial charge < -0.3 is 20.1 Å². The summed E-state index contributed by atoms with van der Waals surface area (Å²) in [7, 11) is 0. The molecule has 2 atom stereocenters. The molecule has 166 valence electrons. The van der Waals surface area contributed by atoms with Gasteiger partial charge in [0.1, 0.15) is 11.6 Å². The van der Waals surface area contributed by atoms with Gasteiger partial charge in [-0.05, 0) is 49.7 Å². The lowest BCUT2D eigenvalue weighted by molar-refractivity contribution is 0.130. The number of phenols is 1. The summed E-state index contributed by atoms with van der Waals surface area (Å²) in [4.78, 5) is 24.1. The lowest BCUT2D eigenvalue weighted by Crippen LogP contribution is -2.38. The average molecular weight is 425 g/mol. The molecule has 2 aromatic rings. The Hall–Kier alpha value is -2.83. The minimum Gasteiger partial charge on any atom is -0.507 e. The van der Waals surface area contributed by atoms with Crippen LogP contribution in [0.2, 0.25) is 0 Å². The van der Waals surface area contributed by atoms with Crippen LogP contribution in [-0.2, 0) is 17.6 Å². The van der Waals surface area contributed by atoms with Crippen molar-refractivity contribution in [1.29, 1.82) is 0 Å². The van der Waals surface area contributed by atoms with Gasteiger partial charge in [-0.15, -0.1) is 0 Å². The van der Waals surface area contributed by atoms with Crippen LogP contribution in [0.3, 0.4) is 0 Å². The number of carbonyl (C=O) groups is 1. The number of alkyl carbamates (subject to hydrolysis) is 1. The van der Waals surface area contributed by atoms with Gasteiger partial charge in [0.05, 0.1) is 23.9 Å². The normalized spacial score (nSPS) is 20.6. The number of nitrogens with zero attached hydrogens (tertiary/aromatic N) is 3. The Morgan fingerprint density at radius 1 is 1.29 bits per heavy atom. The number of aromatic hydroxyl groups is 1. The van der Waals surface area contributed by atoms with Crippen LogP contribution in [0.15, 0.2) is 24.3 Å². The lowest BCUT2D eigenvalue weighted by atomic mass is 9.88. The molecule has 31 heavy (non-hydrogen) atoms. The van der Waals surface area contributed by atoms with Crippen molar-refractivity contribution in [3.8, 4) is 17.1 Å². The third kappa shape index (κ3) is 4.92. The number of anilines is 1. The number of rotatable bonds is 5. The maximum absolute atomic E-state index is 12.1. The topological polar surface area (TPSA) is 87.6 Å². The van der Waals surface area contributed by atoms with E-state index < -0.39 is 0 Å². The number of hydrogen-bond acceptors (Lipinski definition) is 6. The van der Waals surface area contributed by atoms with Crippen molar-refractivity contribution in [2.24, 2.45) is 11.8 Å². The summed E-state index contributed by atoms with van der Waals surface area (Å²) in [5.74, 6) is 2.58. The number of ether oxygens (including phenoxy) is 1. The van der Waals surface area contributed by atoms with Crippen LogP contribution in [0.25, 0.3) is 11.4 Å². The van der Waals surface area contributed by atoms with Gasteiger partial charge in [0.15, 0.2) is 5.82 Å². The van der Waals surface area contributed by atoms with Crippen LogP contribution in [-0.4, -0.2) is 46.9 Å². The van der Waals surface area contributed by atoms with Gasteiger partial charge in [-0.1, -0.05) is 32.9 Å². The highest BCUT2D eigenvalue weighted by molar-refractivity contribution is 5.69. The van der Waals surface area contributed by atoms with Gasteiger partial charge in [0, 0.05) is 18.7 Å². The third-order valence-electron chi connectivity index (χ3n) is 6.00. The van der Waals surface area contributed by atoms with E-state index in [0.29, 0.717) is 36.4 Å². The van der Waals surface area contributed by atoms with E-state index >= 15 is 0 Å². The Labute approximate surface area is 183 Å². The zero-order chi connectivity index (χ0) is 22.0. The summed E-state index contributed by atoms with van der Waals surface area (Å²) < 4.78 is 5.28. The van der Waals surface area contributed by atoms with E-state index in [1.165, 1.54) is 5.56 Å². The van der Waals surface area contributed by atoms with Crippen LogP contribution >= 0.6 is 0 Å². The summed E-state index contributed by atoms with van der Waals surface area (Å²) in [6.45, 7) is 8.22. The SMILES string of the molecule is CC(C)COC(=O)N[C@@H]1CCN(c2nc(-c3ccccc3O)nc3c2CC[C@H](C)C3)C1. The third-order valence-corrected chi connectivity index (χ3v) is 6.00. The van der Waals surface area contributed by atoms with Crippen molar-refractivity contribution in [1.82, 2.24) is 15.3 Å². The highest BCUT2D eigenvalue weighted by atomic mass is 16.5. The monoisotopic (exact) mass is 424 g/mol. The summed E-state index contributed by atoms with van der Waals surface area (Å²) in [6, 6.07) is 7.24. The van der Waals surface area contributed by atoms with Gasteiger partial charge in [-0.25, -0.2) is 14.8 Å². The van der Waals surface area contributed by atoms with Gasteiger partial charge in [-0.3, -0.25) is 0 Å². The number of para-hydroxylation sites is 1. The maximum Gasteiger partial charge on any atom is 0.407 e. The Bertz CT molecular complexity index is 946. The molecule has 0 unspecified atom stereocenters. The molecule has 7 heteroatoms. The number of phenolic OH excluding ortho intramolecular Hbond substituents is 1. The first-order valence-electron chi connectivity index (χ1n) is 11.3. The van der Waals surface area contributed by atoms with E-state index in [0.717, 1.165) is 43.7 Å². The minimum atomic E-state index is -0.353. The number of amides is 1. The standard InChI is InChI=1S/C24H32N4O3/c1-15(2)14-31-24(30)25-17-10-11-28(13-17)23-18-9-8-16(3)12-20(18)26-22(27-23)19-6-4-5-7-21(19)29/h4-7,15-17,29H,8-14H2,1-3H3,(H,25,30)/t16-,17+/m0/s1. The number of aromatic nitrogens is 2. The fourth-order valence-electron chi connectivity index (χ4n) is 4.33. The second-order valence-electron chi connectivity index (χ2n) is 9.23. The molecule has 2 N–H and O–H groups in total. The second-order valence-corrected chi connectivity index (χ2v) is 9.23. The molecule has 0 spiro atoms. The molecule has 7 nitrogen and oxygen atoms in total. The zero-order valence-corrected chi connectivity index (χ0v) is 18.6. The van der Waals surface area contributed by atoms with Crippen molar-refractivity contribution in [3.05, 3.63) is 35.5 Å². The average Bonchev–Trinajstić information content (AvgIpc) is 3.19. The van der Waals surface area contributed by atoms with Crippen LogP contribution in [0.4, 0.5) is 10.6 Å². The summed E-state index contributed by atoms with van der Waals surface area (Å²) in [6.07, 6.45) is 3.49. The van der Waals surface area contributed by atoms with Crippen LogP contribution < -0.4 is 10.2 Å². The first-order chi connectivity index (χ1) is 14.9.